The molecule has 0 aromatic heterocycles. The van der Waals surface area contributed by atoms with Crippen LogP contribution >= 0.6 is 24.2 Å². The first-order valence-electron chi connectivity index (χ1n) is 6.43. The van der Waals surface area contributed by atoms with Crippen molar-refractivity contribution in [3.05, 3.63) is 28.8 Å². The van der Waals surface area contributed by atoms with E-state index in [1.54, 1.807) is 18.2 Å². The van der Waals surface area contributed by atoms with Crippen LogP contribution in [0.4, 0.5) is 0 Å². The fraction of sp³-hybridized carbons (Fsp3) is 0.500. The first kappa shape index (κ1) is 12.4. The van der Waals surface area contributed by atoms with Crippen molar-refractivity contribution >= 4 is 30.1 Å². The second-order valence-electron chi connectivity index (χ2n) is 5.42. The van der Waals surface area contributed by atoms with Crippen LogP contribution in [0.2, 0.25) is 5.02 Å². The van der Waals surface area contributed by atoms with E-state index in [0.29, 0.717) is 22.5 Å². The van der Waals surface area contributed by atoms with E-state index in [1.807, 2.05) is 0 Å². The van der Waals surface area contributed by atoms with Gasteiger partial charge in [-0.3, -0.25) is 4.79 Å². The molecule has 0 saturated heterocycles. The second kappa shape index (κ2) is 4.78. The Hall–Kier alpha value is -0.670. The lowest BCUT2D eigenvalue weighted by atomic mass is 9.95. The van der Waals surface area contributed by atoms with E-state index in [4.69, 9.17) is 11.6 Å². The van der Waals surface area contributed by atoms with Crippen LogP contribution in [0.15, 0.2) is 23.1 Å². The smallest absolute Gasteiger partial charge is 0.253 e. The zero-order chi connectivity index (χ0) is 12.7. The van der Waals surface area contributed by atoms with E-state index in [1.165, 1.54) is 19.3 Å². The van der Waals surface area contributed by atoms with Crippen molar-refractivity contribution in [2.24, 2.45) is 11.8 Å². The summed E-state index contributed by atoms with van der Waals surface area (Å²) in [5.41, 5.74) is 0.534. The molecule has 1 aromatic carbocycles. The van der Waals surface area contributed by atoms with Gasteiger partial charge in [0.25, 0.3) is 5.91 Å². The summed E-state index contributed by atoms with van der Waals surface area (Å²) in [7, 11) is 0. The lowest BCUT2D eigenvalue weighted by Crippen LogP contribution is -2.38. The molecule has 96 valence electrons. The Balaban J connectivity index is 1.73. The van der Waals surface area contributed by atoms with E-state index in [9.17, 15) is 4.79 Å². The highest BCUT2D eigenvalue weighted by atomic mass is 35.5. The quantitative estimate of drug-likeness (QED) is 0.798. The topological polar surface area (TPSA) is 29.1 Å². The Kier molecular flexibility index (Phi) is 3.29. The molecule has 4 heteroatoms. The van der Waals surface area contributed by atoms with Crippen molar-refractivity contribution in [2.75, 3.05) is 0 Å². The van der Waals surface area contributed by atoms with E-state index >= 15 is 0 Å². The Bertz CT molecular complexity index is 491. The monoisotopic (exact) mass is 281 g/mol. The summed E-state index contributed by atoms with van der Waals surface area (Å²) in [6.07, 6.45) is 5.01. The summed E-state index contributed by atoms with van der Waals surface area (Å²) in [4.78, 5) is 13.0. The molecule has 0 spiro atoms. The zero-order valence-electron chi connectivity index (χ0n) is 10.0. The molecule has 18 heavy (non-hydrogen) atoms. The summed E-state index contributed by atoms with van der Waals surface area (Å²) in [5, 5.41) is 3.63. The number of thiol groups is 1. The third-order valence-electron chi connectivity index (χ3n) is 4.25. The van der Waals surface area contributed by atoms with Gasteiger partial charge in [0.15, 0.2) is 0 Å². The fourth-order valence-electron chi connectivity index (χ4n) is 3.35. The summed E-state index contributed by atoms with van der Waals surface area (Å²) >= 11 is 10.3. The molecule has 2 aliphatic rings. The number of carbonyl (C=O) groups excluding carboxylic acids is 1. The van der Waals surface area contributed by atoms with Gasteiger partial charge < -0.3 is 5.32 Å². The maximum absolute atomic E-state index is 12.2. The van der Waals surface area contributed by atoms with Gasteiger partial charge in [0, 0.05) is 10.9 Å². The molecule has 1 N–H and O–H groups in total. The Morgan fingerprint density at radius 3 is 2.83 bits per heavy atom. The van der Waals surface area contributed by atoms with Crippen molar-refractivity contribution in [1.82, 2.24) is 5.32 Å². The number of hydrogen-bond donors (Lipinski definition) is 2. The Morgan fingerprint density at radius 1 is 1.33 bits per heavy atom. The number of halogens is 1. The van der Waals surface area contributed by atoms with Gasteiger partial charge in [0.05, 0.1) is 10.6 Å². The lowest BCUT2D eigenvalue weighted by Gasteiger charge is -2.23. The van der Waals surface area contributed by atoms with E-state index in [0.717, 1.165) is 17.2 Å². The number of fused-ring (bicyclic) bond motifs is 2. The molecule has 2 bridgehead atoms. The van der Waals surface area contributed by atoms with E-state index in [-0.39, 0.29) is 5.91 Å². The van der Waals surface area contributed by atoms with Crippen LogP contribution in [-0.4, -0.2) is 11.9 Å². The van der Waals surface area contributed by atoms with Crippen LogP contribution < -0.4 is 5.32 Å². The highest BCUT2D eigenvalue weighted by Crippen LogP contribution is 2.44. The van der Waals surface area contributed by atoms with Gasteiger partial charge in [-0.1, -0.05) is 18.0 Å². The van der Waals surface area contributed by atoms with E-state index in [2.05, 4.69) is 17.9 Å². The van der Waals surface area contributed by atoms with E-state index < -0.39 is 0 Å². The zero-order valence-corrected chi connectivity index (χ0v) is 11.7. The third kappa shape index (κ3) is 2.26. The normalized spacial score (nSPS) is 29.6. The maximum atomic E-state index is 12.2. The highest BCUT2D eigenvalue weighted by Gasteiger charge is 2.40. The average Bonchev–Trinajstić information content (AvgIpc) is 2.94. The summed E-state index contributed by atoms with van der Waals surface area (Å²) in [6, 6.07) is 5.59. The predicted molar refractivity (Wildman–Crippen MR) is 75.4 cm³/mol. The highest BCUT2D eigenvalue weighted by molar-refractivity contribution is 7.80. The molecule has 1 amide bonds. The van der Waals surface area contributed by atoms with Gasteiger partial charge in [-0.15, -0.1) is 12.6 Å². The van der Waals surface area contributed by atoms with Gasteiger partial charge in [0.2, 0.25) is 0 Å². The number of benzene rings is 1. The molecule has 2 fully saturated rings. The van der Waals surface area contributed by atoms with Crippen LogP contribution in [0.1, 0.15) is 36.0 Å². The largest absolute Gasteiger partial charge is 0.349 e. The number of hydrogen-bond acceptors (Lipinski definition) is 2. The van der Waals surface area contributed by atoms with Gasteiger partial charge in [-0.2, -0.15) is 0 Å². The molecular formula is C14H16ClNOS. The number of rotatable bonds is 2. The van der Waals surface area contributed by atoms with Crippen molar-refractivity contribution < 1.29 is 4.79 Å². The minimum atomic E-state index is -0.0616. The summed E-state index contributed by atoms with van der Waals surface area (Å²) in [5.74, 6) is 1.44. The minimum Gasteiger partial charge on any atom is -0.349 e. The van der Waals surface area contributed by atoms with Gasteiger partial charge in [0.1, 0.15) is 0 Å². The molecule has 3 rings (SSSR count). The van der Waals surface area contributed by atoms with Crippen molar-refractivity contribution in [2.45, 2.75) is 36.6 Å². The number of nitrogens with one attached hydrogen (secondary N) is 1. The average molecular weight is 282 g/mol. The third-order valence-corrected chi connectivity index (χ3v) is 4.86. The first-order chi connectivity index (χ1) is 8.63. The first-order valence-corrected chi connectivity index (χ1v) is 7.25. The van der Waals surface area contributed by atoms with Gasteiger partial charge in [-0.25, -0.2) is 0 Å². The van der Waals surface area contributed by atoms with Crippen LogP contribution in [0.3, 0.4) is 0 Å². The van der Waals surface area contributed by atoms with Crippen LogP contribution in [0.5, 0.6) is 0 Å². The molecule has 0 heterocycles. The Labute approximate surface area is 118 Å². The minimum absolute atomic E-state index is 0.0616. The molecule has 0 radical (unpaired) electrons. The van der Waals surface area contributed by atoms with Gasteiger partial charge >= 0.3 is 0 Å². The number of amides is 1. The molecule has 2 saturated carbocycles. The molecule has 3 unspecified atom stereocenters. The van der Waals surface area contributed by atoms with Crippen LogP contribution in [0, 0.1) is 11.8 Å². The molecule has 2 aliphatic carbocycles. The standard InChI is InChI=1S/C14H16ClNOS/c15-12-4-3-10(18)7-11(12)14(17)16-13-6-8-1-2-9(13)5-8/h3-4,7-9,13,18H,1-2,5-6H2,(H,16,17). The molecule has 2 nitrogen and oxygen atoms in total. The van der Waals surface area contributed by atoms with Gasteiger partial charge in [-0.05, 0) is 49.3 Å². The Morgan fingerprint density at radius 2 is 2.17 bits per heavy atom. The SMILES string of the molecule is O=C(NC1CC2CCC1C2)c1cc(S)ccc1Cl. The van der Waals surface area contributed by atoms with Crippen molar-refractivity contribution in [1.29, 1.82) is 0 Å². The molecule has 3 atom stereocenters. The fourth-order valence-corrected chi connectivity index (χ4v) is 3.76. The molecular weight excluding hydrogens is 266 g/mol. The summed E-state index contributed by atoms with van der Waals surface area (Å²) < 4.78 is 0. The summed E-state index contributed by atoms with van der Waals surface area (Å²) in [6.45, 7) is 0. The van der Waals surface area contributed by atoms with Crippen molar-refractivity contribution in [3.63, 3.8) is 0 Å². The maximum Gasteiger partial charge on any atom is 0.253 e. The van der Waals surface area contributed by atoms with Crippen molar-refractivity contribution in [3.8, 4) is 0 Å². The van der Waals surface area contributed by atoms with Crippen LogP contribution in [0.25, 0.3) is 0 Å². The van der Waals surface area contributed by atoms with Crippen LogP contribution in [-0.2, 0) is 0 Å². The molecule has 0 aliphatic heterocycles. The number of carbonyl (C=O) groups is 1. The lowest BCUT2D eigenvalue weighted by molar-refractivity contribution is 0.0923. The second-order valence-corrected chi connectivity index (χ2v) is 6.34. The predicted octanol–water partition coefficient (Wildman–Crippen LogP) is 3.55. The molecule has 1 aromatic rings.